The summed E-state index contributed by atoms with van der Waals surface area (Å²) in [7, 11) is 1.30. The van der Waals surface area contributed by atoms with Gasteiger partial charge in [0.25, 0.3) is 11.8 Å². The molecule has 1 N–H and O–H groups in total. The predicted molar refractivity (Wildman–Crippen MR) is 62.1 cm³/mol. The van der Waals surface area contributed by atoms with E-state index in [0.717, 1.165) is 4.90 Å². The van der Waals surface area contributed by atoms with Gasteiger partial charge in [0.15, 0.2) is 0 Å². The highest BCUT2D eigenvalue weighted by molar-refractivity contribution is 6.28. The molecule has 4 amide bonds. The molecular formula is C12H10N2O4. The van der Waals surface area contributed by atoms with Gasteiger partial charge in [-0.15, -0.1) is 0 Å². The Hall–Kier alpha value is -2.63. The highest BCUT2D eigenvalue weighted by atomic mass is 16.3. The van der Waals surface area contributed by atoms with E-state index in [9.17, 15) is 14.4 Å². The van der Waals surface area contributed by atoms with Gasteiger partial charge in [-0.05, 0) is 24.3 Å². The molecule has 1 aromatic rings. The number of amides is 4. The van der Waals surface area contributed by atoms with Gasteiger partial charge in [0.05, 0.1) is 6.26 Å². The average molecular weight is 246 g/mol. The number of nitrogens with one attached hydrogen (secondary N) is 1. The SMILES string of the molecule is CN1C(=O)NC(=O)C(=CC=Cc2ccco2)C1=O. The molecule has 1 aliphatic rings. The third-order valence-corrected chi connectivity index (χ3v) is 2.37. The number of barbiturate groups is 1. The maximum absolute atomic E-state index is 11.7. The molecule has 0 radical (unpaired) electrons. The number of hydrogen-bond donors (Lipinski definition) is 1. The van der Waals surface area contributed by atoms with Gasteiger partial charge in [0.1, 0.15) is 11.3 Å². The maximum Gasteiger partial charge on any atom is 0.331 e. The van der Waals surface area contributed by atoms with Crippen LogP contribution in [0, 0.1) is 0 Å². The van der Waals surface area contributed by atoms with Crippen molar-refractivity contribution in [3.63, 3.8) is 0 Å². The van der Waals surface area contributed by atoms with Gasteiger partial charge in [-0.3, -0.25) is 19.8 Å². The minimum atomic E-state index is -0.725. The summed E-state index contributed by atoms with van der Waals surface area (Å²) < 4.78 is 5.05. The number of rotatable bonds is 2. The smallest absolute Gasteiger partial charge is 0.331 e. The molecule has 0 spiro atoms. The van der Waals surface area contributed by atoms with E-state index < -0.39 is 17.8 Å². The summed E-state index contributed by atoms with van der Waals surface area (Å²) in [5.41, 5.74) is -0.0973. The molecule has 6 nitrogen and oxygen atoms in total. The lowest BCUT2D eigenvalue weighted by molar-refractivity contribution is -0.129. The third-order valence-electron chi connectivity index (χ3n) is 2.37. The number of imide groups is 2. The van der Waals surface area contributed by atoms with Crippen molar-refractivity contribution in [3.05, 3.63) is 41.9 Å². The second kappa shape index (κ2) is 4.70. The predicted octanol–water partition coefficient (Wildman–Crippen LogP) is 0.927. The van der Waals surface area contributed by atoms with Crippen molar-refractivity contribution in [2.75, 3.05) is 7.05 Å². The lowest BCUT2D eigenvalue weighted by atomic mass is 10.1. The number of carbonyl (C=O) groups is 3. The summed E-state index contributed by atoms with van der Waals surface area (Å²) in [4.78, 5) is 35.1. The summed E-state index contributed by atoms with van der Waals surface area (Å²) in [6, 6.07) is 2.72. The first-order chi connectivity index (χ1) is 8.59. The summed E-state index contributed by atoms with van der Waals surface area (Å²) in [5.74, 6) is -0.736. The van der Waals surface area contributed by atoms with Crippen LogP contribution in [-0.4, -0.2) is 29.8 Å². The number of likely N-dealkylation sites (N-methyl/N-ethyl adjacent to an activating group) is 1. The van der Waals surface area contributed by atoms with E-state index in [1.54, 1.807) is 18.2 Å². The Labute approximate surface area is 103 Å². The number of allylic oxidation sites excluding steroid dienone is 2. The molecule has 0 aromatic carbocycles. The van der Waals surface area contributed by atoms with Crippen LogP contribution in [0.1, 0.15) is 5.76 Å². The zero-order valence-electron chi connectivity index (χ0n) is 9.54. The van der Waals surface area contributed by atoms with Crippen LogP contribution >= 0.6 is 0 Å². The van der Waals surface area contributed by atoms with Crippen molar-refractivity contribution >= 4 is 23.9 Å². The highest BCUT2D eigenvalue weighted by Gasteiger charge is 2.32. The lowest BCUT2D eigenvalue weighted by Gasteiger charge is -2.21. The monoisotopic (exact) mass is 246 g/mol. The Morgan fingerprint density at radius 2 is 2.11 bits per heavy atom. The zero-order chi connectivity index (χ0) is 13.1. The van der Waals surface area contributed by atoms with Gasteiger partial charge in [0, 0.05) is 7.05 Å². The van der Waals surface area contributed by atoms with E-state index in [1.807, 2.05) is 0 Å². The van der Waals surface area contributed by atoms with Crippen LogP contribution in [-0.2, 0) is 9.59 Å². The number of nitrogens with zero attached hydrogens (tertiary/aromatic N) is 1. The Kier molecular flexibility index (Phi) is 3.09. The first-order valence-electron chi connectivity index (χ1n) is 5.15. The second-order valence-corrected chi connectivity index (χ2v) is 3.58. The summed E-state index contributed by atoms with van der Waals surface area (Å²) >= 11 is 0. The molecule has 92 valence electrons. The molecular weight excluding hydrogens is 236 g/mol. The van der Waals surface area contributed by atoms with Crippen LogP contribution in [0.25, 0.3) is 6.08 Å². The first kappa shape index (κ1) is 11.8. The van der Waals surface area contributed by atoms with Crippen molar-refractivity contribution in [3.8, 4) is 0 Å². The normalized spacial score (nSPS) is 18.8. The van der Waals surface area contributed by atoms with Gasteiger partial charge < -0.3 is 4.42 Å². The molecule has 1 saturated heterocycles. The molecule has 0 bridgehead atoms. The summed E-state index contributed by atoms with van der Waals surface area (Å²) in [6.45, 7) is 0. The van der Waals surface area contributed by atoms with E-state index in [1.165, 1.54) is 25.5 Å². The van der Waals surface area contributed by atoms with Gasteiger partial charge >= 0.3 is 6.03 Å². The molecule has 0 saturated carbocycles. The number of urea groups is 1. The Morgan fingerprint density at radius 1 is 1.33 bits per heavy atom. The lowest BCUT2D eigenvalue weighted by Crippen LogP contribution is -2.52. The topological polar surface area (TPSA) is 79.6 Å². The van der Waals surface area contributed by atoms with Crippen LogP contribution in [0.4, 0.5) is 4.79 Å². The van der Waals surface area contributed by atoms with E-state index in [-0.39, 0.29) is 5.57 Å². The summed E-state index contributed by atoms with van der Waals surface area (Å²) in [6.07, 6.45) is 5.96. The van der Waals surface area contributed by atoms with Gasteiger partial charge in [-0.1, -0.05) is 6.08 Å². The minimum Gasteiger partial charge on any atom is -0.465 e. The van der Waals surface area contributed by atoms with E-state index in [4.69, 9.17) is 4.42 Å². The van der Waals surface area contributed by atoms with Crippen molar-refractivity contribution in [2.45, 2.75) is 0 Å². The molecule has 0 unspecified atom stereocenters. The van der Waals surface area contributed by atoms with E-state index >= 15 is 0 Å². The zero-order valence-corrected chi connectivity index (χ0v) is 9.54. The Bertz CT molecular complexity index is 555. The Balaban J connectivity index is 2.19. The molecule has 0 atom stereocenters. The van der Waals surface area contributed by atoms with Crippen LogP contribution in [0.15, 0.2) is 40.5 Å². The molecule has 1 aliphatic heterocycles. The summed E-state index contributed by atoms with van der Waals surface area (Å²) in [5, 5.41) is 2.05. The molecule has 1 fully saturated rings. The van der Waals surface area contributed by atoms with Crippen molar-refractivity contribution in [1.29, 1.82) is 0 Å². The standard InChI is InChI=1S/C12H10N2O4/c1-14-11(16)9(10(15)13-12(14)17)6-2-4-8-5-3-7-18-8/h2-7H,1H3,(H,13,15,17). The number of furan rings is 1. The van der Waals surface area contributed by atoms with Crippen molar-refractivity contribution in [2.24, 2.45) is 0 Å². The third kappa shape index (κ3) is 2.22. The number of hydrogen-bond acceptors (Lipinski definition) is 4. The van der Waals surface area contributed by atoms with E-state index in [2.05, 4.69) is 5.32 Å². The van der Waals surface area contributed by atoms with Crippen LogP contribution < -0.4 is 5.32 Å². The molecule has 6 heteroatoms. The second-order valence-electron chi connectivity index (χ2n) is 3.58. The number of carbonyl (C=O) groups excluding carboxylic acids is 3. The molecule has 18 heavy (non-hydrogen) atoms. The van der Waals surface area contributed by atoms with Gasteiger partial charge in [-0.2, -0.15) is 0 Å². The Morgan fingerprint density at radius 3 is 2.78 bits per heavy atom. The fraction of sp³-hybridized carbons (Fsp3) is 0.0833. The highest BCUT2D eigenvalue weighted by Crippen LogP contribution is 2.09. The molecule has 0 aliphatic carbocycles. The molecule has 2 heterocycles. The quantitative estimate of drug-likeness (QED) is 0.621. The maximum atomic E-state index is 11.7. The minimum absolute atomic E-state index is 0.0973. The molecule has 1 aromatic heterocycles. The average Bonchev–Trinajstić information content (AvgIpc) is 2.84. The van der Waals surface area contributed by atoms with E-state index in [0.29, 0.717) is 5.76 Å². The van der Waals surface area contributed by atoms with Gasteiger partial charge in [-0.25, -0.2) is 4.79 Å². The fourth-order valence-electron chi connectivity index (χ4n) is 1.39. The van der Waals surface area contributed by atoms with Crippen molar-refractivity contribution in [1.82, 2.24) is 10.2 Å². The van der Waals surface area contributed by atoms with Crippen LogP contribution in [0.2, 0.25) is 0 Å². The van der Waals surface area contributed by atoms with Gasteiger partial charge in [0.2, 0.25) is 0 Å². The fourth-order valence-corrected chi connectivity index (χ4v) is 1.39. The van der Waals surface area contributed by atoms with Crippen molar-refractivity contribution < 1.29 is 18.8 Å². The molecule has 2 rings (SSSR count). The first-order valence-corrected chi connectivity index (χ1v) is 5.15. The largest absolute Gasteiger partial charge is 0.465 e. The van der Waals surface area contributed by atoms with Crippen LogP contribution in [0.5, 0.6) is 0 Å². The van der Waals surface area contributed by atoms with Crippen LogP contribution in [0.3, 0.4) is 0 Å².